The van der Waals surface area contributed by atoms with E-state index in [1.807, 2.05) is 0 Å². The van der Waals surface area contributed by atoms with Gasteiger partial charge in [0.1, 0.15) is 29.5 Å². The highest BCUT2D eigenvalue weighted by molar-refractivity contribution is 6.31. The summed E-state index contributed by atoms with van der Waals surface area (Å²) in [6, 6.07) is 8.87. The van der Waals surface area contributed by atoms with Gasteiger partial charge in [-0.05, 0) is 37.3 Å². The Morgan fingerprint density at radius 1 is 1.30 bits per heavy atom. The zero-order chi connectivity index (χ0) is 16.6. The largest absolute Gasteiger partial charge is 0.545 e. The van der Waals surface area contributed by atoms with Gasteiger partial charge in [0.2, 0.25) is 0 Å². The molecule has 0 aliphatic heterocycles. The quantitative estimate of drug-likeness (QED) is 0.733. The second-order valence-corrected chi connectivity index (χ2v) is 5.41. The van der Waals surface area contributed by atoms with Crippen LogP contribution in [0.1, 0.15) is 21.7 Å². The number of ether oxygens (including phenoxy) is 1. The SMILES string of the molecule is Cc1oc2ccc(OCc3ccc(F)cc3Cl)cc2c1C(=O)[O-]. The fourth-order valence-corrected chi connectivity index (χ4v) is 2.56. The highest BCUT2D eigenvalue weighted by Gasteiger charge is 2.13. The number of carbonyl (C=O) groups excluding carboxylic acids is 1. The van der Waals surface area contributed by atoms with Crippen molar-refractivity contribution in [3.8, 4) is 5.75 Å². The molecule has 0 radical (unpaired) electrons. The molecular weight excluding hydrogens is 323 g/mol. The first-order valence-electron chi connectivity index (χ1n) is 6.77. The van der Waals surface area contributed by atoms with E-state index in [0.29, 0.717) is 22.3 Å². The van der Waals surface area contributed by atoms with Crippen LogP contribution in [0.25, 0.3) is 11.0 Å². The number of carbonyl (C=O) groups is 1. The molecule has 0 N–H and O–H groups in total. The first kappa shape index (κ1) is 15.4. The molecule has 0 bridgehead atoms. The van der Waals surface area contributed by atoms with E-state index in [0.717, 1.165) is 0 Å². The second-order valence-electron chi connectivity index (χ2n) is 5.00. The number of fused-ring (bicyclic) bond motifs is 1. The van der Waals surface area contributed by atoms with Crippen LogP contribution in [0, 0.1) is 12.7 Å². The maximum Gasteiger partial charge on any atom is 0.135 e. The zero-order valence-corrected chi connectivity index (χ0v) is 12.8. The lowest BCUT2D eigenvalue weighted by molar-refractivity contribution is -0.254. The molecule has 118 valence electrons. The van der Waals surface area contributed by atoms with Gasteiger partial charge in [0.05, 0.1) is 11.0 Å². The average Bonchev–Trinajstić information content (AvgIpc) is 2.81. The first-order chi connectivity index (χ1) is 11.0. The summed E-state index contributed by atoms with van der Waals surface area (Å²) >= 11 is 5.94. The molecule has 1 aromatic heterocycles. The van der Waals surface area contributed by atoms with Gasteiger partial charge < -0.3 is 19.1 Å². The molecule has 2 aromatic carbocycles. The van der Waals surface area contributed by atoms with Gasteiger partial charge in [0.25, 0.3) is 0 Å². The van der Waals surface area contributed by atoms with Crippen molar-refractivity contribution in [2.45, 2.75) is 13.5 Å². The van der Waals surface area contributed by atoms with E-state index in [2.05, 4.69) is 0 Å². The number of furan rings is 1. The molecular formula is C17H11ClFO4-. The third kappa shape index (κ3) is 3.00. The van der Waals surface area contributed by atoms with Crippen LogP contribution in [0.5, 0.6) is 5.75 Å². The Balaban J connectivity index is 1.88. The Bertz CT molecular complexity index is 901. The molecule has 6 heteroatoms. The predicted molar refractivity (Wildman–Crippen MR) is 81.0 cm³/mol. The van der Waals surface area contributed by atoms with E-state index in [1.54, 1.807) is 25.1 Å². The van der Waals surface area contributed by atoms with Crippen molar-refractivity contribution in [3.05, 3.63) is 64.1 Å². The Kier molecular flexibility index (Phi) is 3.96. The molecule has 0 atom stereocenters. The number of halogens is 2. The molecule has 3 aromatic rings. The van der Waals surface area contributed by atoms with E-state index in [4.69, 9.17) is 20.8 Å². The Morgan fingerprint density at radius 2 is 2.09 bits per heavy atom. The van der Waals surface area contributed by atoms with Gasteiger partial charge in [-0.1, -0.05) is 17.7 Å². The van der Waals surface area contributed by atoms with Crippen LogP contribution in [0.15, 0.2) is 40.8 Å². The maximum absolute atomic E-state index is 13.0. The van der Waals surface area contributed by atoms with Crippen molar-refractivity contribution in [3.63, 3.8) is 0 Å². The van der Waals surface area contributed by atoms with Crippen molar-refractivity contribution in [1.82, 2.24) is 0 Å². The van der Waals surface area contributed by atoms with Crippen molar-refractivity contribution in [2.24, 2.45) is 0 Å². The molecule has 4 nitrogen and oxygen atoms in total. The summed E-state index contributed by atoms with van der Waals surface area (Å²) in [5.74, 6) is -1.01. The van der Waals surface area contributed by atoms with Gasteiger partial charge in [0, 0.05) is 16.5 Å². The number of aryl methyl sites for hydroxylation is 1. The number of carboxylic acid groups (broad SMARTS) is 1. The van der Waals surface area contributed by atoms with Gasteiger partial charge in [-0.3, -0.25) is 0 Å². The fourth-order valence-electron chi connectivity index (χ4n) is 2.34. The second kappa shape index (κ2) is 5.93. The Labute approximate surface area is 136 Å². The molecule has 3 rings (SSSR count). The summed E-state index contributed by atoms with van der Waals surface area (Å²) in [6.45, 7) is 1.69. The lowest BCUT2D eigenvalue weighted by Gasteiger charge is -2.08. The van der Waals surface area contributed by atoms with E-state index >= 15 is 0 Å². The molecule has 0 saturated heterocycles. The minimum absolute atomic E-state index is 0.00487. The minimum atomic E-state index is -1.31. The van der Waals surface area contributed by atoms with Crippen LogP contribution in [-0.4, -0.2) is 5.97 Å². The Morgan fingerprint density at radius 3 is 2.78 bits per heavy atom. The molecule has 0 unspecified atom stereocenters. The van der Waals surface area contributed by atoms with Crippen LogP contribution in [0.3, 0.4) is 0 Å². The summed E-state index contributed by atoms with van der Waals surface area (Å²) in [7, 11) is 0. The molecule has 0 spiro atoms. The monoisotopic (exact) mass is 333 g/mol. The Hall–Kier alpha value is -2.53. The molecule has 0 amide bonds. The number of hydrogen-bond acceptors (Lipinski definition) is 4. The normalized spacial score (nSPS) is 10.9. The van der Waals surface area contributed by atoms with Gasteiger partial charge in [-0.2, -0.15) is 0 Å². The first-order valence-corrected chi connectivity index (χ1v) is 7.14. The third-order valence-electron chi connectivity index (χ3n) is 3.45. The fraction of sp³-hybridized carbons (Fsp3) is 0.118. The van der Waals surface area contributed by atoms with Crippen molar-refractivity contribution >= 4 is 28.5 Å². The molecule has 0 saturated carbocycles. The number of benzene rings is 2. The highest BCUT2D eigenvalue weighted by atomic mass is 35.5. The summed E-state index contributed by atoms with van der Waals surface area (Å²) < 4.78 is 24.0. The minimum Gasteiger partial charge on any atom is -0.545 e. The van der Waals surface area contributed by atoms with Gasteiger partial charge >= 0.3 is 0 Å². The lowest BCUT2D eigenvalue weighted by atomic mass is 10.1. The highest BCUT2D eigenvalue weighted by Crippen LogP contribution is 2.29. The van der Waals surface area contributed by atoms with Crippen molar-refractivity contribution in [2.75, 3.05) is 0 Å². The van der Waals surface area contributed by atoms with Gasteiger partial charge in [-0.15, -0.1) is 0 Å². The van der Waals surface area contributed by atoms with Crippen LogP contribution < -0.4 is 9.84 Å². The summed E-state index contributed by atoms with van der Waals surface area (Å²) in [5.41, 5.74) is 1.07. The molecule has 0 aliphatic carbocycles. The molecule has 0 aliphatic rings. The van der Waals surface area contributed by atoms with Gasteiger partial charge in [0.15, 0.2) is 0 Å². The molecule has 23 heavy (non-hydrogen) atoms. The zero-order valence-electron chi connectivity index (χ0n) is 12.1. The number of aromatic carboxylic acids is 1. The van der Waals surface area contributed by atoms with Gasteiger partial charge in [-0.25, -0.2) is 4.39 Å². The van der Waals surface area contributed by atoms with E-state index in [9.17, 15) is 14.3 Å². The predicted octanol–water partition coefficient (Wildman–Crippen LogP) is 3.48. The lowest BCUT2D eigenvalue weighted by Crippen LogP contribution is -2.22. The van der Waals surface area contributed by atoms with Crippen LogP contribution in [-0.2, 0) is 6.61 Å². The van der Waals surface area contributed by atoms with Crippen molar-refractivity contribution in [1.29, 1.82) is 0 Å². The number of hydrogen-bond donors (Lipinski definition) is 0. The van der Waals surface area contributed by atoms with Crippen LogP contribution >= 0.6 is 11.6 Å². The van der Waals surface area contributed by atoms with E-state index in [1.165, 1.54) is 18.2 Å². The standard InChI is InChI=1S/C17H12ClFO4/c1-9-16(17(20)21)13-7-12(4-5-15(13)23-9)22-8-10-2-3-11(19)6-14(10)18/h2-7H,8H2,1H3,(H,20,21)/p-1. The van der Waals surface area contributed by atoms with E-state index < -0.39 is 11.8 Å². The summed E-state index contributed by atoms with van der Waals surface area (Å²) in [6.07, 6.45) is 0. The van der Waals surface area contributed by atoms with Crippen LogP contribution in [0.4, 0.5) is 4.39 Å². The third-order valence-corrected chi connectivity index (χ3v) is 3.80. The number of rotatable bonds is 4. The molecule has 0 fully saturated rings. The topological polar surface area (TPSA) is 62.5 Å². The summed E-state index contributed by atoms with van der Waals surface area (Å²) in [4.78, 5) is 11.2. The smallest absolute Gasteiger partial charge is 0.135 e. The average molecular weight is 334 g/mol. The van der Waals surface area contributed by atoms with Crippen molar-refractivity contribution < 1.29 is 23.4 Å². The van der Waals surface area contributed by atoms with Crippen LogP contribution in [0.2, 0.25) is 5.02 Å². The summed E-state index contributed by atoms with van der Waals surface area (Å²) in [5, 5.41) is 11.9. The molecule has 1 heterocycles. The maximum atomic E-state index is 13.0. The number of carboxylic acids is 1. The van der Waals surface area contributed by atoms with E-state index in [-0.39, 0.29) is 23.0 Å².